The smallest absolute Gasteiger partial charge is 0.168 e. The molecule has 1 aromatic carbocycles. The first-order valence-electron chi connectivity index (χ1n) is 6.73. The Hall–Kier alpha value is -1.35. The van der Waals surface area contributed by atoms with Gasteiger partial charge in [0.15, 0.2) is 5.78 Å². The number of nitrogens with two attached hydrogens (primary N) is 1. The molecule has 1 aromatic rings. The molecule has 0 heterocycles. The number of Topliss-reactive ketones (excluding diaryl/α,β-unsaturated/α-hetero) is 1. The van der Waals surface area contributed by atoms with Gasteiger partial charge in [0.05, 0.1) is 12.2 Å². The molecule has 1 aliphatic carbocycles. The van der Waals surface area contributed by atoms with E-state index in [1.54, 1.807) is 0 Å². The molecule has 0 bridgehead atoms. The maximum atomic E-state index is 12.2. The first-order valence-corrected chi connectivity index (χ1v) is 6.73. The van der Waals surface area contributed by atoms with Crippen molar-refractivity contribution in [2.75, 3.05) is 6.61 Å². The van der Waals surface area contributed by atoms with E-state index in [-0.39, 0.29) is 11.8 Å². The van der Waals surface area contributed by atoms with E-state index in [0.717, 1.165) is 6.42 Å². The number of benzene rings is 1. The maximum absolute atomic E-state index is 12.2. The van der Waals surface area contributed by atoms with Crippen LogP contribution in [0.25, 0.3) is 0 Å². The second-order valence-corrected chi connectivity index (χ2v) is 4.97. The van der Waals surface area contributed by atoms with E-state index in [9.17, 15) is 4.79 Å². The third-order valence-corrected chi connectivity index (χ3v) is 3.30. The summed E-state index contributed by atoms with van der Waals surface area (Å²) in [7, 11) is 0. The lowest BCUT2D eigenvalue weighted by Crippen LogP contribution is -2.26. The number of para-hydroxylation sites is 1. The third kappa shape index (κ3) is 3.33. The number of rotatable bonds is 7. The summed E-state index contributed by atoms with van der Waals surface area (Å²) in [6.45, 7) is 2.69. The molecule has 2 N–H and O–H groups in total. The zero-order valence-corrected chi connectivity index (χ0v) is 10.9. The summed E-state index contributed by atoms with van der Waals surface area (Å²) < 4.78 is 5.60. The number of hydrogen-bond acceptors (Lipinski definition) is 3. The van der Waals surface area contributed by atoms with Gasteiger partial charge in [-0.05, 0) is 37.3 Å². The van der Waals surface area contributed by atoms with Gasteiger partial charge in [-0.2, -0.15) is 0 Å². The van der Waals surface area contributed by atoms with Crippen LogP contribution < -0.4 is 10.5 Å². The van der Waals surface area contributed by atoms with Crippen molar-refractivity contribution < 1.29 is 9.53 Å². The fourth-order valence-corrected chi connectivity index (χ4v) is 2.05. The molecule has 3 nitrogen and oxygen atoms in total. The first kappa shape index (κ1) is 13.1. The van der Waals surface area contributed by atoms with Crippen LogP contribution in [0.1, 0.15) is 43.0 Å². The van der Waals surface area contributed by atoms with Crippen LogP contribution in [0.3, 0.4) is 0 Å². The largest absolute Gasteiger partial charge is 0.493 e. The van der Waals surface area contributed by atoms with Crippen molar-refractivity contribution in [3.63, 3.8) is 0 Å². The van der Waals surface area contributed by atoms with Gasteiger partial charge >= 0.3 is 0 Å². The van der Waals surface area contributed by atoms with Crippen LogP contribution in [-0.4, -0.2) is 18.4 Å². The topological polar surface area (TPSA) is 52.3 Å². The summed E-state index contributed by atoms with van der Waals surface area (Å²) in [5.74, 6) is 1.34. The lowest BCUT2D eigenvalue weighted by molar-refractivity contribution is 0.0967. The van der Waals surface area contributed by atoms with E-state index in [1.165, 1.54) is 12.8 Å². The summed E-state index contributed by atoms with van der Waals surface area (Å²) in [4.78, 5) is 12.2. The van der Waals surface area contributed by atoms with E-state index in [1.807, 2.05) is 31.2 Å². The van der Waals surface area contributed by atoms with Crippen molar-refractivity contribution in [3.8, 4) is 5.75 Å². The van der Waals surface area contributed by atoms with Gasteiger partial charge in [-0.1, -0.05) is 19.1 Å². The molecular formula is C15H21NO2. The number of ether oxygens (including phenoxy) is 1. The van der Waals surface area contributed by atoms with E-state index in [4.69, 9.17) is 10.5 Å². The number of carbonyl (C=O) groups excluding carboxylic acids is 1. The molecule has 0 radical (unpaired) electrons. The van der Waals surface area contributed by atoms with Crippen molar-refractivity contribution in [2.45, 2.75) is 38.6 Å². The lowest BCUT2D eigenvalue weighted by atomic mass is 10.0. The molecule has 0 aromatic heterocycles. The minimum atomic E-state index is 0.0109. The van der Waals surface area contributed by atoms with Crippen LogP contribution in [0.4, 0.5) is 0 Å². The molecule has 98 valence electrons. The first-order chi connectivity index (χ1) is 8.72. The van der Waals surface area contributed by atoms with Crippen LogP contribution in [0.5, 0.6) is 5.75 Å². The van der Waals surface area contributed by atoms with Gasteiger partial charge in [0, 0.05) is 12.5 Å². The molecule has 2 rings (SSSR count). The molecule has 1 unspecified atom stereocenters. The zero-order chi connectivity index (χ0) is 13.0. The van der Waals surface area contributed by atoms with Crippen LogP contribution in [0.15, 0.2) is 24.3 Å². The highest BCUT2D eigenvalue weighted by atomic mass is 16.5. The fourth-order valence-electron chi connectivity index (χ4n) is 2.05. The van der Waals surface area contributed by atoms with E-state index in [2.05, 4.69) is 0 Å². The van der Waals surface area contributed by atoms with Gasteiger partial charge < -0.3 is 10.5 Å². The highest BCUT2D eigenvalue weighted by Crippen LogP contribution is 2.33. The second-order valence-electron chi connectivity index (χ2n) is 4.97. The summed E-state index contributed by atoms with van der Waals surface area (Å²) in [5, 5.41) is 0. The quantitative estimate of drug-likeness (QED) is 0.754. The summed E-state index contributed by atoms with van der Waals surface area (Å²) in [6.07, 6.45) is 3.70. The standard InChI is InChI=1S/C15H21NO2/c1-2-9-18-15-6-4-3-5-12(15)14(17)10-13(16)11-7-8-11/h3-6,11,13H,2,7-10,16H2,1H3. The Labute approximate surface area is 108 Å². The van der Waals surface area contributed by atoms with Gasteiger partial charge in [0.25, 0.3) is 0 Å². The Bertz CT molecular complexity index is 413. The van der Waals surface area contributed by atoms with Gasteiger partial charge in [-0.25, -0.2) is 0 Å². The van der Waals surface area contributed by atoms with Gasteiger partial charge in [0.2, 0.25) is 0 Å². The molecule has 18 heavy (non-hydrogen) atoms. The van der Waals surface area contributed by atoms with Crippen LogP contribution >= 0.6 is 0 Å². The average Bonchev–Trinajstić information content (AvgIpc) is 3.20. The molecule has 1 aliphatic rings. The third-order valence-electron chi connectivity index (χ3n) is 3.30. The molecule has 0 aliphatic heterocycles. The van der Waals surface area contributed by atoms with Gasteiger partial charge in [0.1, 0.15) is 5.75 Å². The minimum Gasteiger partial charge on any atom is -0.493 e. The molecule has 3 heteroatoms. The minimum absolute atomic E-state index is 0.0109. The number of ketones is 1. The highest BCUT2D eigenvalue weighted by molar-refractivity contribution is 5.99. The van der Waals surface area contributed by atoms with E-state index >= 15 is 0 Å². The van der Waals surface area contributed by atoms with Crippen molar-refractivity contribution in [1.82, 2.24) is 0 Å². The van der Waals surface area contributed by atoms with Gasteiger partial charge in [-0.15, -0.1) is 0 Å². The molecule has 0 saturated heterocycles. The van der Waals surface area contributed by atoms with Crippen molar-refractivity contribution >= 4 is 5.78 Å². The predicted molar refractivity (Wildman–Crippen MR) is 71.9 cm³/mol. The van der Waals surface area contributed by atoms with Crippen molar-refractivity contribution in [1.29, 1.82) is 0 Å². The molecule has 1 atom stereocenters. The van der Waals surface area contributed by atoms with Gasteiger partial charge in [-0.3, -0.25) is 4.79 Å². The maximum Gasteiger partial charge on any atom is 0.168 e. The number of hydrogen-bond donors (Lipinski definition) is 1. The molecule has 1 fully saturated rings. The molecule has 0 spiro atoms. The monoisotopic (exact) mass is 247 g/mol. The molecular weight excluding hydrogens is 226 g/mol. The van der Waals surface area contributed by atoms with Crippen LogP contribution in [0, 0.1) is 5.92 Å². The van der Waals surface area contributed by atoms with Crippen molar-refractivity contribution in [3.05, 3.63) is 29.8 Å². The fraction of sp³-hybridized carbons (Fsp3) is 0.533. The Morgan fingerprint density at radius 1 is 1.44 bits per heavy atom. The van der Waals surface area contributed by atoms with Crippen LogP contribution in [0.2, 0.25) is 0 Å². The number of carbonyl (C=O) groups is 1. The summed E-state index contributed by atoms with van der Waals surface area (Å²) in [5.41, 5.74) is 6.67. The second kappa shape index (κ2) is 6.01. The average molecular weight is 247 g/mol. The Morgan fingerprint density at radius 3 is 2.83 bits per heavy atom. The zero-order valence-electron chi connectivity index (χ0n) is 10.9. The predicted octanol–water partition coefficient (Wildman–Crippen LogP) is 2.79. The Kier molecular flexibility index (Phi) is 4.37. The highest BCUT2D eigenvalue weighted by Gasteiger charge is 2.30. The SMILES string of the molecule is CCCOc1ccccc1C(=O)CC(N)C1CC1. The normalized spacial score (nSPS) is 16.3. The molecule has 0 amide bonds. The van der Waals surface area contributed by atoms with E-state index in [0.29, 0.717) is 30.3 Å². The Balaban J connectivity index is 2.03. The van der Waals surface area contributed by atoms with Crippen LogP contribution in [-0.2, 0) is 0 Å². The van der Waals surface area contributed by atoms with Crippen molar-refractivity contribution in [2.24, 2.45) is 11.7 Å². The summed E-state index contributed by atoms with van der Waals surface area (Å²) >= 11 is 0. The lowest BCUT2D eigenvalue weighted by Gasteiger charge is -2.12. The Morgan fingerprint density at radius 2 is 2.17 bits per heavy atom. The van der Waals surface area contributed by atoms with E-state index < -0.39 is 0 Å². The molecule has 1 saturated carbocycles. The summed E-state index contributed by atoms with van der Waals surface area (Å²) in [6, 6.07) is 7.45.